The molecule has 2 unspecified atom stereocenters. The van der Waals surface area contributed by atoms with Crippen molar-refractivity contribution in [3.8, 4) is 0 Å². The third kappa shape index (κ3) is 7.77. The molecule has 10 nitrogen and oxygen atoms in total. The SMILES string of the molecule is CC(C)(CCCC(O)CCCC(O)CCCC(C)(C)c1nnn[nH]1)c1nnn[nH]1. The van der Waals surface area contributed by atoms with E-state index < -0.39 is 0 Å². The number of aliphatic hydroxyl groups is 2. The number of aromatic nitrogens is 8. The number of hydrogen-bond donors (Lipinski definition) is 4. The summed E-state index contributed by atoms with van der Waals surface area (Å²) < 4.78 is 0. The summed E-state index contributed by atoms with van der Waals surface area (Å²) >= 11 is 0. The molecule has 2 aromatic heterocycles. The first-order valence-electron chi connectivity index (χ1n) is 10.6. The molecule has 0 fully saturated rings. The molecule has 0 bridgehead atoms. The van der Waals surface area contributed by atoms with Gasteiger partial charge >= 0.3 is 0 Å². The lowest BCUT2D eigenvalue weighted by Gasteiger charge is -2.22. The average molecular weight is 409 g/mol. The van der Waals surface area contributed by atoms with Gasteiger partial charge < -0.3 is 10.2 Å². The molecule has 0 aliphatic heterocycles. The van der Waals surface area contributed by atoms with Crippen LogP contribution in [0.4, 0.5) is 0 Å². The lowest BCUT2D eigenvalue weighted by molar-refractivity contribution is 0.119. The zero-order valence-electron chi connectivity index (χ0n) is 18.1. The van der Waals surface area contributed by atoms with Crippen LogP contribution in [0.5, 0.6) is 0 Å². The third-order valence-corrected chi connectivity index (χ3v) is 5.73. The summed E-state index contributed by atoms with van der Waals surface area (Å²) in [6.07, 6.45) is 6.72. The van der Waals surface area contributed by atoms with E-state index in [0.29, 0.717) is 0 Å². The second-order valence-corrected chi connectivity index (χ2v) is 9.29. The molecule has 2 heterocycles. The predicted molar refractivity (Wildman–Crippen MR) is 108 cm³/mol. The maximum absolute atomic E-state index is 10.2. The average Bonchev–Trinajstić information content (AvgIpc) is 3.35. The van der Waals surface area contributed by atoms with Crippen LogP contribution in [0.1, 0.15) is 97.1 Å². The molecule has 164 valence electrons. The first kappa shape index (κ1) is 23.3. The Morgan fingerprint density at radius 2 is 1.07 bits per heavy atom. The summed E-state index contributed by atoms with van der Waals surface area (Å²) in [5, 5.41) is 48.6. The van der Waals surface area contributed by atoms with Gasteiger partial charge in [0, 0.05) is 10.8 Å². The minimum atomic E-state index is -0.330. The van der Waals surface area contributed by atoms with Crippen LogP contribution in [0.15, 0.2) is 0 Å². The Morgan fingerprint density at radius 1 is 0.690 bits per heavy atom. The minimum Gasteiger partial charge on any atom is -0.393 e. The van der Waals surface area contributed by atoms with Crippen LogP contribution in [0.2, 0.25) is 0 Å². The molecule has 4 N–H and O–H groups in total. The highest BCUT2D eigenvalue weighted by molar-refractivity contribution is 4.99. The van der Waals surface area contributed by atoms with Crippen molar-refractivity contribution in [3.05, 3.63) is 11.6 Å². The van der Waals surface area contributed by atoms with Gasteiger partial charge in [-0.1, -0.05) is 27.7 Å². The summed E-state index contributed by atoms with van der Waals surface area (Å²) in [6.45, 7) is 8.38. The molecule has 0 radical (unpaired) electrons. The van der Waals surface area contributed by atoms with E-state index in [1.807, 2.05) is 0 Å². The Hall–Kier alpha value is -1.94. The Balaban J connectivity index is 1.54. The zero-order chi connectivity index (χ0) is 21.3. The van der Waals surface area contributed by atoms with Crippen molar-refractivity contribution >= 4 is 0 Å². The number of H-pyrrole nitrogens is 2. The van der Waals surface area contributed by atoms with Crippen molar-refractivity contribution in [2.45, 2.75) is 109 Å². The molecule has 0 aliphatic rings. The standard InChI is InChI=1S/C19H36N8O2/c1-18(2,16-20-24-25-21-16)12-6-10-14(28)8-5-9-15(29)11-7-13-19(3,4)17-22-26-27-23-17/h14-15,28-29H,5-13H2,1-4H3,(H,20,21,24,25)(H,22,23,26,27). The van der Waals surface area contributed by atoms with Gasteiger partial charge in [0.1, 0.15) is 0 Å². The summed E-state index contributed by atoms with van der Waals surface area (Å²) in [5.41, 5.74) is -0.260. The molecular formula is C19H36N8O2. The van der Waals surface area contributed by atoms with Crippen molar-refractivity contribution in [3.63, 3.8) is 0 Å². The molecule has 0 aliphatic carbocycles. The van der Waals surface area contributed by atoms with Crippen LogP contribution in [-0.4, -0.2) is 63.7 Å². The largest absolute Gasteiger partial charge is 0.393 e. The molecule has 0 aromatic carbocycles. The van der Waals surface area contributed by atoms with Crippen molar-refractivity contribution in [2.75, 3.05) is 0 Å². The third-order valence-electron chi connectivity index (χ3n) is 5.73. The van der Waals surface area contributed by atoms with E-state index >= 15 is 0 Å². The quantitative estimate of drug-likeness (QED) is 0.371. The van der Waals surface area contributed by atoms with Crippen LogP contribution in [0.25, 0.3) is 0 Å². The van der Waals surface area contributed by atoms with Crippen LogP contribution >= 0.6 is 0 Å². The summed E-state index contributed by atoms with van der Waals surface area (Å²) in [7, 11) is 0. The van der Waals surface area contributed by atoms with Crippen LogP contribution < -0.4 is 0 Å². The van der Waals surface area contributed by atoms with Gasteiger partial charge in [-0.25, -0.2) is 10.2 Å². The van der Waals surface area contributed by atoms with Gasteiger partial charge in [0.05, 0.1) is 12.2 Å². The summed E-state index contributed by atoms with van der Waals surface area (Å²) in [4.78, 5) is 0. The fourth-order valence-corrected chi connectivity index (χ4v) is 3.57. The molecule has 2 atom stereocenters. The van der Waals surface area contributed by atoms with Gasteiger partial charge in [-0.2, -0.15) is 0 Å². The van der Waals surface area contributed by atoms with E-state index in [-0.39, 0.29) is 23.0 Å². The maximum atomic E-state index is 10.2. The number of nitrogens with one attached hydrogen (secondary N) is 2. The Labute approximate surface area is 172 Å². The minimum absolute atomic E-state index is 0.130. The molecule has 0 spiro atoms. The Bertz CT molecular complexity index is 614. The first-order chi connectivity index (χ1) is 13.7. The topological polar surface area (TPSA) is 149 Å². The van der Waals surface area contributed by atoms with Gasteiger partial charge in [0.25, 0.3) is 0 Å². The molecular weight excluding hydrogens is 372 g/mol. The molecule has 0 saturated carbocycles. The van der Waals surface area contributed by atoms with Crippen molar-refractivity contribution in [1.82, 2.24) is 41.2 Å². The van der Waals surface area contributed by atoms with Crippen molar-refractivity contribution in [2.24, 2.45) is 0 Å². The van der Waals surface area contributed by atoms with E-state index in [1.54, 1.807) is 0 Å². The van der Waals surface area contributed by atoms with Crippen LogP contribution in [-0.2, 0) is 10.8 Å². The van der Waals surface area contributed by atoms with Crippen LogP contribution in [0.3, 0.4) is 0 Å². The highest BCUT2D eigenvalue weighted by atomic mass is 16.3. The maximum Gasteiger partial charge on any atom is 0.154 e. The highest BCUT2D eigenvalue weighted by Gasteiger charge is 2.25. The first-order valence-corrected chi connectivity index (χ1v) is 10.6. The lowest BCUT2D eigenvalue weighted by atomic mass is 9.85. The highest BCUT2D eigenvalue weighted by Crippen LogP contribution is 2.27. The number of aromatic amines is 2. The van der Waals surface area contributed by atoms with E-state index in [2.05, 4.69) is 68.9 Å². The van der Waals surface area contributed by atoms with Gasteiger partial charge in [0.15, 0.2) is 11.6 Å². The Kier molecular flexibility index (Phi) is 8.63. The fraction of sp³-hybridized carbons (Fsp3) is 0.895. The second-order valence-electron chi connectivity index (χ2n) is 9.29. The molecule has 2 aromatic rings. The fourth-order valence-electron chi connectivity index (χ4n) is 3.57. The lowest BCUT2D eigenvalue weighted by Crippen LogP contribution is -2.20. The van der Waals surface area contributed by atoms with Crippen molar-refractivity contribution < 1.29 is 10.2 Å². The summed E-state index contributed by atoms with van der Waals surface area (Å²) in [5.74, 6) is 1.55. The van der Waals surface area contributed by atoms with Crippen molar-refractivity contribution in [1.29, 1.82) is 0 Å². The Morgan fingerprint density at radius 3 is 1.41 bits per heavy atom. The number of aliphatic hydroxyl groups excluding tert-OH is 2. The zero-order valence-corrected chi connectivity index (χ0v) is 18.1. The van der Waals surface area contributed by atoms with E-state index in [4.69, 9.17) is 0 Å². The van der Waals surface area contributed by atoms with Gasteiger partial charge in [-0.05, 0) is 78.6 Å². The van der Waals surface area contributed by atoms with E-state index in [9.17, 15) is 10.2 Å². The van der Waals surface area contributed by atoms with E-state index in [0.717, 1.165) is 69.4 Å². The number of rotatable bonds is 14. The van der Waals surface area contributed by atoms with Gasteiger partial charge in [-0.3, -0.25) is 0 Å². The van der Waals surface area contributed by atoms with E-state index in [1.165, 1.54) is 0 Å². The summed E-state index contributed by atoms with van der Waals surface area (Å²) in [6, 6.07) is 0. The molecule has 0 saturated heterocycles. The monoisotopic (exact) mass is 408 g/mol. The number of hydrogen-bond acceptors (Lipinski definition) is 8. The molecule has 2 rings (SSSR count). The van der Waals surface area contributed by atoms with Gasteiger partial charge in [0.2, 0.25) is 0 Å². The number of tetrazole rings is 2. The number of nitrogens with zero attached hydrogens (tertiary/aromatic N) is 6. The predicted octanol–water partition coefficient (Wildman–Crippen LogP) is 2.20. The molecule has 0 amide bonds. The molecule has 10 heteroatoms. The van der Waals surface area contributed by atoms with Gasteiger partial charge in [-0.15, -0.1) is 10.2 Å². The van der Waals surface area contributed by atoms with Crippen LogP contribution in [0, 0.1) is 0 Å². The molecule has 29 heavy (non-hydrogen) atoms. The normalized spacial score (nSPS) is 14.8. The second kappa shape index (κ2) is 10.7. The smallest absolute Gasteiger partial charge is 0.154 e.